The average molecular weight is 307 g/mol. The Kier molecular flexibility index (Phi) is 2.56. The zero-order chi connectivity index (χ0) is 13.0. The molecule has 0 spiro atoms. The highest BCUT2D eigenvalue weighted by Gasteiger charge is 2.22. The Labute approximate surface area is 124 Å². The van der Waals surface area contributed by atoms with Gasteiger partial charge >= 0.3 is 0 Å². The molecule has 1 aliphatic heterocycles. The van der Waals surface area contributed by atoms with E-state index in [2.05, 4.69) is 18.2 Å². The predicted molar refractivity (Wildman–Crippen MR) is 80.2 cm³/mol. The number of nitrogens with zero attached hydrogens (tertiary/aromatic N) is 2. The molecular weight excluding hydrogens is 299 g/mol. The molecule has 0 radical (unpaired) electrons. The van der Waals surface area contributed by atoms with Crippen LogP contribution >= 0.6 is 35.0 Å². The molecule has 0 aliphatic carbocycles. The van der Waals surface area contributed by atoms with Crippen molar-refractivity contribution in [2.45, 2.75) is 10.6 Å². The lowest BCUT2D eigenvalue weighted by atomic mass is 10.1. The van der Waals surface area contributed by atoms with Crippen molar-refractivity contribution in [2.24, 2.45) is 0 Å². The molecule has 3 aromatic rings. The van der Waals surface area contributed by atoms with Gasteiger partial charge in [-0.05, 0) is 12.1 Å². The maximum atomic E-state index is 6.23. The molecule has 0 saturated heterocycles. The van der Waals surface area contributed by atoms with E-state index in [1.807, 2.05) is 28.4 Å². The molecule has 3 heterocycles. The second-order valence-corrected chi connectivity index (χ2v) is 6.25. The van der Waals surface area contributed by atoms with Gasteiger partial charge in [-0.25, -0.2) is 4.98 Å². The molecule has 1 aromatic carbocycles. The molecule has 0 atom stereocenters. The molecule has 1 aliphatic rings. The van der Waals surface area contributed by atoms with Crippen molar-refractivity contribution in [3.05, 3.63) is 52.3 Å². The fraction of sp³-hybridized carbons (Fsp3) is 0.0714. The van der Waals surface area contributed by atoms with E-state index in [1.165, 1.54) is 10.5 Å². The highest BCUT2D eigenvalue weighted by Crippen LogP contribution is 2.42. The van der Waals surface area contributed by atoms with Crippen LogP contribution in [0.1, 0.15) is 5.69 Å². The number of imidazole rings is 1. The van der Waals surface area contributed by atoms with Gasteiger partial charge in [0, 0.05) is 22.4 Å². The van der Waals surface area contributed by atoms with E-state index in [9.17, 15) is 0 Å². The summed E-state index contributed by atoms with van der Waals surface area (Å²) in [5, 5.41) is 1.21. The van der Waals surface area contributed by atoms with Gasteiger partial charge in [-0.1, -0.05) is 41.4 Å². The second-order valence-electron chi connectivity index (χ2n) is 4.39. The Balaban J connectivity index is 2.11. The number of fused-ring (bicyclic) bond motifs is 5. The Morgan fingerprint density at radius 3 is 2.95 bits per heavy atom. The second kappa shape index (κ2) is 4.17. The van der Waals surface area contributed by atoms with Crippen LogP contribution in [0.25, 0.3) is 16.9 Å². The van der Waals surface area contributed by atoms with Crippen LogP contribution < -0.4 is 0 Å². The van der Waals surface area contributed by atoms with Crippen LogP contribution in [-0.2, 0) is 5.75 Å². The van der Waals surface area contributed by atoms with E-state index in [0.717, 1.165) is 22.8 Å². The first-order valence-electron chi connectivity index (χ1n) is 5.82. The molecule has 0 bridgehead atoms. The van der Waals surface area contributed by atoms with Crippen LogP contribution in [0, 0.1) is 0 Å². The van der Waals surface area contributed by atoms with E-state index in [-0.39, 0.29) is 0 Å². The normalized spacial score (nSPS) is 13.4. The third kappa shape index (κ3) is 1.69. The van der Waals surface area contributed by atoms with E-state index >= 15 is 0 Å². The number of aromatic nitrogens is 2. The minimum Gasteiger partial charge on any atom is -0.300 e. The average Bonchev–Trinajstić information content (AvgIpc) is 2.78. The maximum Gasteiger partial charge on any atom is 0.156 e. The maximum absolute atomic E-state index is 6.23. The lowest BCUT2D eigenvalue weighted by Gasteiger charge is -2.14. The largest absolute Gasteiger partial charge is 0.300 e. The predicted octanol–water partition coefficient (Wildman–Crippen LogP) is 4.91. The lowest BCUT2D eigenvalue weighted by molar-refractivity contribution is 1.09. The molecule has 94 valence electrons. The summed E-state index contributed by atoms with van der Waals surface area (Å²) in [6.07, 6.45) is 1.88. The summed E-state index contributed by atoms with van der Waals surface area (Å²) in [6.45, 7) is 0. The molecule has 0 N–H and O–H groups in total. The summed E-state index contributed by atoms with van der Waals surface area (Å²) in [4.78, 5) is 5.96. The molecule has 2 nitrogen and oxygen atoms in total. The van der Waals surface area contributed by atoms with Crippen LogP contribution in [0.4, 0.5) is 0 Å². The number of halogens is 2. The summed E-state index contributed by atoms with van der Waals surface area (Å²) >= 11 is 14.1. The molecule has 4 rings (SSSR count). The van der Waals surface area contributed by atoms with Gasteiger partial charge in [0.2, 0.25) is 0 Å². The Bertz CT molecular complexity index is 811. The number of thioether (sulfide) groups is 1. The third-order valence-corrected chi connectivity index (χ3v) is 4.82. The number of hydrogen-bond donors (Lipinski definition) is 0. The molecule has 0 unspecified atom stereocenters. The Morgan fingerprint density at radius 2 is 2.05 bits per heavy atom. The van der Waals surface area contributed by atoms with Crippen molar-refractivity contribution in [1.29, 1.82) is 0 Å². The minimum atomic E-state index is 0.587. The van der Waals surface area contributed by atoms with Crippen LogP contribution in [0.2, 0.25) is 10.0 Å². The Morgan fingerprint density at radius 1 is 1.21 bits per heavy atom. The van der Waals surface area contributed by atoms with Gasteiger partial charge in [0.15, 0.2) is 5.65 Å². The van der Waals surface area contributed by atoms with Gasteiger partial charge in [-0.3, -0.25) is 4.40 Å². The van der Waals surface area contributed by atoms with Gasteiger partial charge in [0.1, 0.15) is 0 Å². The standard InChI is InChI=1S/C14H8Cl2N2S/c15-8-5-10(16)14-17-13-9-3-1-2-4-12(9)19-7-11(13)18(14)6-8/h1-6H,7H2. The quantitative estimate of drug-likeness (QED) is 0.587. The van der Waals surface area contributed by atoms with Crippen molar-refractivity contribution in [3.63, 3.8) is 0 Å². The van der Waals surface area contributed by atoms with Crippen LogP contribution in [0.3, 0.4) is 0 Å². The van der Waals surface area contributed by atoms with Gasteiger partial charge in [0.05, 0.1) is 21.4 Å². The molecule has 2 aromatic heterocycles. The van der Waals surface area contributed by atoms with Crippen LogP contribution in [0.15, 0.2) is 41.4 Å². The van der Waals surface area contributed by atoms with Gasteiger partial charge in [-0.15, -0.1) is 11.8 Å². The van der Waals surface area contributed by atoms with Crippen molar-refractivity contribution < 1.29 is 0 Å². The summed E-state index contributed by atoms with van der Waals surface area (Å²) in [6, 6.07) is 10.0. The van der Waals surface area contributed by atoms with Gasteiger partial charge < -0.3 is 0 Å². The molecular formula is C14H8Cl2N2S. The number of rotatable bonds is 0. The summed E-state index contributed by atoms with van der Waals surface area (Å²) in [5.74, 6) is 0.879. The molecule has 0 saturated carbocycles. The van der Waals surface area contributed by atoms with Crippen LogP contribution in [-0.4, -0.2) is 9.38 Å². The SMILES string of the molecule is Clc1cc(Cl)c2nc3c(n2c1)CSc1ccccc1-3. The fourth-order valence-electron chi connectivity index (χ4n) is 2.41. The molecule has 0 fully saturated rings. The van der Waals surface area contributed by atoms with E-state index < -0.39 is 0 Å². The summed E-state index contributed by atoms with van der Waals surface area (Å²) < 4.78 is 2.00. The Hall–Kier alpha value is -1.16. The number of benzene rings is 1. The molecule has 19 heavy (non-hydrogen) atoms. The topological polar surface area (TPSA) is 17.3 Å². The summed E-state index contributed by atoms with van der Waals surface area (Å²) in [5.41, 5.74) is 4.11. The smallest absolute Gasteiger partial charge is 0.156 e. The monoisotopic (exact) mass is 306 g/mol. The van der Waals surface area contributed by atoms with E-state index in [1.54, 1.807) is 6.07 Å². The first kappa shape index (κ1) is 11.6. The fourth-order valence-corrected chi connectivity index (χ4v) is 3.98. The highest BCUT2D eigenvalue weighted by atomic mass is 35.5. The lowest BCUT2D eigenvalue weighted by Crippen LogP contribution is -1.98. The first-order valence-corrected chi connectivity index (χ1v) is 7.56. The van der Waals surface area contributed by atoms with E-state index in [4.69, 9.17) is 28.2 Å². The highest BCUT2D eigenvalue weighted by molar-refractivity contribution is 7.98. The van der Waals surface area contributed by atoms with Crippen molar-refractivity contribution in [1.82, 2.24) is 9.38 Å². The summed E-state index contributed by atoms with van der Waals surface area (Å²) in [7, 11) is 0. The van der Waals surface area contributed by atoms with Crippen molar-refractivity contribution in [2.75, 3.05) is 0 Å². The zero-order valence-corrected chi connectivity index (χ0v) is 12.1. The third-order valence-electron chi connectivity index (χ3n) is 3.25. The van der Waals surface area contributed by atoms with Crippen molar-refractivity contribution >= 4 is 40.6 Å². The number of hydrogen-bond acceptors (Lipinski definition) is 2. The molecule has 0 amide bonds. The van der Waals surface area contributed by atoms with Gasteiger partial charge in [-0.2, -0.15) is 0 Å². The number of pyridine rings is 1. The van der Waals surface area contributed by atoms with E-state index in [0.29, 0.717) is 10.0 Å². The van der Waals surface area contributed by atoms with Gasteiger partial charge in [0.25, 0.3) is 0 Å². The zero-order valence-electron chi connectivity index (χ0n) is 9.73. The minimum absolute atomic E-state index is 0.587. The van der Waals surface area contributed by atoms with Crippen molar-refractivity contribution in [3.8, 4) is 11.3 Å². The molecule has 5 heteroatoms. The van der Waals surface area contributed by atoms with Crippen LogP contribution in [0.5, 0.6) is 0 Å². The first-order chi connectivity index (χ1) is 9.24.